The van der Waals surface area contributed by atoms with Crippen LogP contribution < -0.4 is 10.1 Å². The number of hydrogen-bond acceptors (Lipinski definition) is 3. The van der Waals surface area contributed by atoms with Crippen molar-refractivity contribution in [3.63, 3.8) is 0 Å². The first-order valence-electron chi connectivity index (χ1n) is 6.11. The average molecular weight is 237 g/mol. The Bertz CT molecular complexity index is 400. The third kappa shape index (κ3) is 2.58. The lowest BCUT2D eigenvalue weighted by Gasteiger charge is -2.25. The molecule has 3 nitrogen and oxygen atoms in total. The summed E-state index contributed by atoms with van der Waals surface area (Å²) in [6.07, 6.45) is 2.41. The second-order valence-corrected chi connectivity index (χ2v) is 4.56. The summed E-state index contributed by atoms with van der Waals surface area (Å²) in [4.78, 5) is 0. The molecule has 0 radical (unpaired) electrons. The highest BCUT2D eigenvalue weighted by atomic mass is 19.1. The van der Waals surface area contributed by atoms with E-state index >= 15 is 0 Å². The predicted octanol–water partition coefficient (Wildman–Crippen LogP) is 2.03. The molecule has 1 unspecified atom stereocenters. The quantitative estimate of drug-likeness (QED) is 0.872. The minimum atomic E-state index is -0.239. The first kappa shape index (κ1) is 11.0. The van der Waals surface area contributed by atoms with Crippen LogP contribution in [0, 0.1) is 5.82 Å². The third-order valence-electron chi connectivity index (χ3n) is 3.06. The Morgan fingerprint density at radius 1 is 1.35 bits per heavy atom. The minimum Gasteiger partial charge on any atom is -0.490 e. The molecule has 92 valence electrons. The second kappa shape index (κ2) is 4.63. The monoisotopic (exact) mass is 237 g/mol. The molecule has 0 bridgehead atoms. The Kier molecular flexibility index (Phi) is 2.99. The van der Waals surface area contributed by atoms with Gasteiger partial charge in [-0.05, 0) is 31.0 Å². The standard InChI is InChI=1S/C13H16FNO2/c14-9-1-4-12(17-10-2-3-10)11(7-9)13-8-15-5-6-16-13/h1,4,7,10,13,15H,2-3,5-6,8H2. The van der Waals surface area contributed by atoms with Crippen LogP contribution in [0.4, 0.5) is 4.39 Å². The summed E-state index contributed by atoms with van der Waals surface area (Å²) in [7, 11) is 0. The van der Waals surface area contributed by atoms with Crippen molar-refractivity contribution < 1.29 is 13.9 Å². The van der Waals surface area contributed by atoms with E-state index in [9.17, 15) is 4.39 Å². The Labute approximate surface area is 99.9 Å². The van der Waals surface area contributed by atoms with Gasteiger partial charge in [0.2, 0.25) is 0 Å². The maximum atomic E-state index is 13.3. The van der Waals surface area contributed by atoms with Crippen LogP contribution >= 0.6 is 0 Å². The maximum Gasteiger partial charge on any atom is 0.125 e. The van der Waals surface area contributed by atoms with Crippen molar-refractivity contribution in [2.45, 2.75) is 25.0 Å². The highest BCUT2D eigenvalue weighted by molar-refractivity contribution is 5.36. The molecule has 0 spiro atoms. The predicted molar refractivity (Wildman–Crippen MR) is 61.6 cm³/mol. The zero-order chi connectivity index (χ0) is 11.7. The molecule has 4 heteroatoms. The molecule has 0 amide bonds. The molecule has 2 fully saturated rings. The largest absolute Gasteiger partial charge is 0.490 e. The molecule has 1 aliphatic carbocycles. The molecule has 1 N–H and O–H groups in total. The lowest BCUT2D eigenvalue weighted by molar-refractivity contribution is 0.0255. The molecule has 1 aromatic carbocycles. The fourth-order valence-corrected chi connectivity index (χ4v) is 2.01. The van der Waals surface area contributed by atoms with E-state index in [0.29, 0.717) is 19.3 Å². The fraction of sp³-hybridized carbons (Fsp3) is 0.538. The zero-order valence-electron chi connectivity index (χ0n) is 9.62. The maximum absolute atomic E-state index is 13.3. The number of morpholine rings is 1. The molecule has 17 heavy (non-hydrogen) atoms. The second-order valence-electron chi connectivity index (χ2n) is 4.56. The van der Waals surface area contributed by atoms with Crippen molar-refractivity contribution in [3.8, 4) is 5.75 Å². The summed E-state index contributed by atoms with van der Waals surface area (Å²) in [5, 5.41) is 3.25. The molecule has 1 atom stereocenters. The van der Waals surface area contributed by atoms with Crippen molar-refractivity contribution in [3.05, 3.63) is 29.6 Å². The molecular formula is C13H16FNO2. The van der Waals surface area contributed by atoms with E-state index in [4.69, 9.17) is 9.47 Å². The summed E-state index contributed by atoms with van der Waals surface area (Å²) in [5.74, 6) is 0.528. The molecule has 1 saturated heterocycles. The Hall–Kier alpha value is -1.13. The fourth-order valence-electron chi connectivity index (χ4n) is 2.01. The normalized spacial score (nSPS) is 24.6. The number of halogens is 1. The van der Waals surface area contributed by atoms with E-state index in [1.807, 2.05) is 0 Å². The summed E-state index contributed by atoms with van der Waals surface area (Å²) in [5.41, 5.74) is 0.823. The lowest BCUT2D eigenvalue weighted by atomic mass is 10.1. The van der Waals surface area contributed by atoms with Crippen molar-refractivity contribution in [1.29, 1.82) is 0 Å². The molecule has 1 heterocycles. The van der Waals surface area contributed by atoms with Crippen LogP contribution in [-0.4, -0.2) is 25.8 Å². The smallest absolute Gasteiger partial charge is 0.125 e. The van der Waals surface area contributed by atoms with Gasteiger partial charge < -0.3 is 14.8 Å². The van der Waals surface area contributed by atoms with Gasteiger partial charge in [0.1, 0.15) is 11.6 Å². The van der Waals surface area contributed by atoms with Crippen molar-refractivity contribution >= 4 is 0 Å². The van der Waals surface area contributed by atoms with Crippen molar-refractivity contribution in [2.24, 2.45) is 0 Å². The van der Waals surface area contributed by atoms with E-state index in [1.165, 1.54) is 12.1 Å². The highest BCUT2D eigenvalue weighted by Gasteiger charge is 2.27. The van der Waals surface area contributed by atoms with E-state index in [0.717, 1.165) is 30.7 Å². The average Bonchev–Trinajstić information content (AvgIpc) is 3.17. The van der Waals surface area contributed by atoms with Crippen molar-refractivity contribution in [2.75, 3.05) is 19.7 Å². The van der Waals surface area contributed by atoms with Gasteiger partial charge in [0, 0.05) is 18.7 Å². The summed E-state index contributed by atoms with van der Waals surface area (Å²) >= 11 is 0. The van der Waals surface area contributed by atoms with Gasteiger partial charge in [-0.25, -0.2) is 4.39 Å². The van der Waals surface area contributed by atoms with E-state index in [1.54, 1.807) is 6.07 Å². The van der Waals surface area contributed by atoms with Crippen LogP contribution in [0.25, 0.3) is 0 Å². The molecule has 0 aromatic heterocycles. The zero-order valence-corrected chi connectivity index (χ0v) is 9.62. The number of nitrogens with one attached hydrogen (secondary N) is 1. The Morgan fingerprint density at radius 3 is 2.94 bits per heavy atom. The van der Waals surface area contributed by atoms with Gasteiger partial charge in [0.15, 0.2) is 0 Å². The van der Waals surface area contributed by atoms with E-state index in [2.05, 4.69) is 5.32 Å². The summed E-state index contributed by atoms with van der Waals surface area (Å²) < 4.78 is 24.8. The number of rotatable bonds is 3. The third-order valence-corrected chi connectivity index (χ3v) is 3.06. The van der Waals surface area contributed by atoms with Crippen LogP contribution in [0.1, 0.15) is 24.5 Å². The van der Waals surface area contributed by atoms with Gasteiger partial charge in [-0.1, -0.05) is 0 Å². The molecule has 1 saturated carbocycles. The minimum absolute atomic E-state index is 0.104. The number of hydrogen-bond donors (Lipinski definition) is 1. The lowest BCUT2D eigenvalue weighted by Crippen LogP contribution is -2.33. The van der Waals surface area contributed by atoms with Gasteiger partial charge >= 0.3 is 0 Å². The van der Waals surface area contributed by atoms with E-state index in [-0.39, 0.29) is 11.9 Å². The van der Waals surface area contributed by atoms with Crippen LogP contribution in [0.2, 0.25) is 0 Å². The van der Waals surface area contributed by atoms with Crippen LogP contribution in [0.3, 0.4) is 0 Å². The highest BCUT2D eigenvalue weighted by Crippen LogP contribution is 2.34. The molecule has 3 rings (SSSR count). The summed E-state index contributed by atoms with van der Waals surface area (Å²) in [6.45, 7) is 2.22. The molecular weight excluding hydrogens is 221 g/mol. The van der Waals surface area contributed by atoms with Gasteiger partial charge in [0.05, 0.1) is 18.8 Å². The van der Waals surface area contributed by atoms with Gasteiger partial charge in [-0.3, -0.25) is 0 Å². The molecule has 1 aromatic rings. The van der Waals surface area contributed by atoms with Crippen molar-refractivity contribution in [1.82, 2.24) is 5.32 Å². The number of ether oxygens (including phenoxy) is 2. The Morgan fingerprint density at radius 2 is 2.24 bits per heavy atom. The van der Waals surface area contributed by atoms with Gasteiger partial charge in [-0.15, -0.1) is 0 Å². The first-order chi connectivity index (χ1) is 8.33. The van der Waals surface area contributed by atoms with Crippen LogP contribution in [0.15, 0.2) is 18.2 Å². The first-order valence-corrected chi connectivity index (χ1v) is 6.11. The molecule has 1 aliphatic heterocycles. The van der Waals surface area contributed by atoms with E-state index < -0.39 is 0 Å². The van der Waals surface area contributed by atoms with Crippen LogP contribution in [-0.2, 0) is 4.74 Å². The molecule has 2 aliphatic rings. The Balaban J connectivity index is 1.85. The van der Waals surface area contributed by atoms with Crippen LogP contribution in [0.5, 0.6) is 5.75 Å². The number of benzene rings is 1. The SMILES string of the molecule is Fc1ccc(OC2CC2)c(C2CNCCO2)c1. The summed E-state index contributed by atoms with van der Waals surface area (Å²) in [6, 6.07) is 4.67. The topological polar surface area (TPSA) is 30.5 Å². The van der Waals surface area contributed by atoms with Gasteiger partial charge in [0.25, 0.3) is 0 Å². The van der Waals surface area contributed by atoms with Gasteiger partial charge in [-0.2, -0.15) is 0 Å².